The fourth-order valence-electron chi connectivity index (χ4n) is 1.96. The van der Waals surface area contributed by atoms with Gasteiger partial charge in [0.05, 0.1) is 12.4 Å². The number of benzene rings is 1. The monoisotopic (exact) mass is 328 g/mol. The number of morpholine rings is 1. The van der Waals surface area contributed by atoms with Crippen molar-refractivity contribution in [1.82, 2.24) is 0 Å². The molecule has 0 unspecified atom stereocenters. The number of nitrogens with zero attached hydrogens (tertiary/aromatic N) is 1. The third-order valence-electron chi connectivity index (χ3n) is 3.04. The highest BCUT2D eigenvalue weighted by atomic mass is 32.2. The number of carbonyl (C=O) groups excluding carboxylic acids is 2. The summed E-state index contributed by atoms with van der Waals surface area (Å²) in [6, 6.07) is 6.59. The summed E-state index contributed by atoms with van der Waals surface area (Å²) in [5.41, 5.74) is 1.18. The molecule has 0 radical (unpaired) electrons. The van der Waals surface area contributed by atoms with Crippen LogP contribution in [0.3, 0.4) is 0 Å². The molecular weight excluding hydrogens is 312 g/mol. The van der Waals surface area contributed by atoms with E-state index in [1.165, 1.54) is 0 Å². The maximum absolute atomic E-state index is 11.7. The maximum atomic E-state index is 11.7. The van der Waals surface area contributed by atoms with Gasteiger partial charge in [-0.1, -0.05) is 0 Å². The summed E-state index contributed by atoms with van der Waals surface area (Å²) in [5, 5.41) is 2.51. The third-order valence-corrected chi connectivity index (χ3v) is 3.76. The number of rotatable bonds is 5. The lowest BCUT2D eigenvalue weighted by atomic mass is 10.2. The van der Waals surface area contributed by atoms with Gasteiger partial charge in [0.2, 0.25) is 5.91 Å². The predicted molar refractivity (Wildman–Crippen MR) is 79.3 cm³/mol. The van der Waals surface area contributed by atoms with Gasteiger partial charge in [-0.3, -0.25) is 14.1 Å². The van der Waals surface area contributed by atoms with E-state index < -0.39 is 21.8 Å². The number of amides is 2. The van der Waals surface area contributed by atoms with Crippen LogP contribution >= 0.6 is 0 Å². The number of hydrogen-bond donors (Lipinski definition) is 2. The Hall–Kier alpha value is -1.97. The first-order valence-electron chi connectivity index (χ1n) is 6.58. The van der Waals surface area contributed by atoms with Gasteiger partial charge in [0.1, 0.15) is 6.61 Å². The second-order valence-corrected chi connectivity index (χ2v) is 6.30. The normalized spacial score (nSPS) is 15.7. The molecule has 120 valence electrons. The molecule has 8 nitrogen and oxygen atoms in total. The first kappa shape index (κ1) is 16.4. The number of hydrogen-bond acceptors (Lipinski definition) is 5. The zero-order valence-electron chi connectivity index (χ0n) is 11.7. The minimum absolute atomic E-state index is 0.0497. The Labute approximate surface area is 127 Å². The molecule has 0 bridgehead atoms. The molecule has 1 aliphatic heterocycles. The number of anilines is 2. The molecule has 1 heterocycles. The van der Waals surface area contributed by atoms with Crippen LogP contribution in [0, 0.1) is 0 Å². The average Bonchev–Trinajstić information content (AvgIpc) is 2.46. The van der Waals surface area contributed by atoms with Crippen LogP contribution in [-0.4, -0.2) is 50.3 Å². The summed E-state index contributed by atoms with van der Waals surface area (Å²) < 4.78 is 34.8. The van der Waals surface area contributed by atoms with Crippen LogP contribution in [0.2, 0.25) is 0 Å². The van der Waals surface area contributed by atoms with Crippen LogP contribution in [0.15, 0.2) is 24.3 Å². The Morgan fingerprint density at radius 3 is 2.59 bits per heavy atom. The van der Waals surface area contributed by atoms with Crippen LogP contribution in [0.5, 0.6) is 0 Å². The van der Waals surface area contributed by atoms with E-state index >= 15 is 0 Å². The van der Waals surface area contributed by atoms with E-state index in [9.17, 15) is 18.0 Å². The zero-order chi connectivity index (χ0) is 16.2. The fourth-order valence-corrected chi connectivity index (χ4v) is 2.40. The summed E-state index contributed by atoms with van der Waals surface area (Å²) >= 11 is 0. The molecular formula is C13H16N2O6S. The molecule has 2 rings (SSSR count). The first-order valence-corrected chi connectivity index (χ1v) is 8.19. The predicted octanol–water partition coefficient (Wildman–Crippen LogP) is 0.266. The highest BCUT2D eigenvalue weighted by molar-refractivity contribution is 7.85. The van der Waals surface area contributed by atoms with Crippen LogP contribution in [0.25, 0.3) is 0 Å². The molecule has 1 aromatic rings. The van der Waals surface area contributed by atoms with Crippen molar-refractivity contribution in [2.75, 3.05) is 35.7 Å². The van der Waals surface area contributed by atoms with Crippen molar-refractivity contribution in [1.29, 1.82) is 0 Å². The molecule has 22 heavy (non-hydrogen) atoms. The Bertz CT molecular complexity index is 656. The number of ether oxygens (including phenoxy) is 1. The standard InChI is InChI=1S/C13H16N2O6S/c16-12(5-8-22(18,19)20)14-10-1-3-11(4-2-10)15-6-7-21-9-13(15)17/h1-4H,5-9H2,(H,14,16)(H,18,19,20). The van der Waals surface area contributed by atoms with Gasteiger partial charge < -0.3 is 15.0 Å². The van der Waals surface area contributed by atoms with Gasteiger partial charge in [0, 0.05) is 24.3 Å². The highest BCUT2D eigenvalue weighted by Gasteiger charge is 2.20. The van der Waals surface area contributed by atoms with Crippen LogP contribution < -0.4 is 10.2 Å². The second kappa shape index (κ2) is 6.86. The quantitative estimate of drug-likeness (QED) is 0.750. The van der Waals surface area contributed by atoms with Crippen molar-refractivity contribution in [3.8, 4) is 0 Å². The molecule has 1 fully saturated rings. The van der Waals surface area contributed by atoms with E-state index in [0.717, 1.165) is 0 Å². The lowest BCUT2D eigenvalue weighted by molar-refractivity contribution is -0.125. The van der Waals surface area contributed by atoms with Crippen molar-refractivity contribution in [2.45, 2.75) is 6.42 Å². The summed E-state index contributed by atoms with van der Waals surface area (Å²) in [4.78, 5) is 24.8. The molecule has 1 aliphatic rings. The Kier molecular flexibility index (Phi) is 5.11. The van der Waals surface area contributed by atoms with E-state index in [2.05, 4.69) is 5.32 Å². The molecule has 1 aromatic carbocycles. The van der Waals surface area contributed by atoms with Crippen LogP contribution in [0.4, 0.5) is 11.4 Å². The van der Waals surface area contributed by atoms with Crippen molar-refractivity contribution in [3.05, 3.63) is 24.3 Å². The summed E-state index contributed by atoms with van der Waals surface area (Å²) in [7, 11) is -4.16. The highest BCUT2D eigenvalue weighted by Crippen LogP contribution is 2.19. The zero-order valence-corrected chi connectivity index (χ0v) is 12.5. The fraction of sp³-hybridized carbons (Fsp3) is 0.385. The van der Waals surface area contributed by atoms with E-state index in [1.54, 1.807) is 29.2 Å². The number of nitrogens with one attached hydrogen (secondary N) is 1. The molecule has 1 saturated heterocycles. The van der Waals surface area contributed by atoms with Gasteiger partial charge in [-0.2, -0.15) is 8.42 Å². The Morgan fingerprint density at radius 1 is 1.32 bits per heavy atom. The number of carbonyl (C=O) groups is 2. The Balaban J connectivity index is 1.94. The van der Waals surface area contributed by atoms with Crippen molar-refractivity contribution < 1.29 is 27.3 Å². The summed E-state index contributed by atoms with van der Waals surface area (Å²) in [6.45, 7) is 0.993. The van der Waals surface area contributed by atoms with Crippen LogP contribution in [0.1, 0.15) is 6.42 Å². The van der Waals surface area contributed by atoms with Gasteiger partial charge in [-0.15, -0.1) is 0 Å². The average molecular weight is 328 g/mol. The van der Waals surface area contributed by atoms with Gasteiger partial charge >= 0.3 is 0 Å². The molecule has 2 amide bonds. The van der Waals surface area contributed by atoms with Crippen LogP contribution in [-0.2, 0) is 24.4 Å². The molecule has 9 heteroatoms. The molecule has 0 atom stereocenters. The molecule has 2 N–H and O–H groups in total. The smallest absolute Gasteiger partial charge is 0.265 e. The topological polar surface area (TPSA) is 113 Å². The van der Waals surface area contributed by atoms with E-state index in [0.29, 0.717) is 24.5 Å². The largest absolute Gasteiger partial charge is 0.370 e. The lowest BCUT2D eigenvalue weighted by Gasteiger charge is -2.26. The maximum Gasteiger partial charge on any atom is 0.265 e. The third kappa shape index (κ3) is 4.79. The van der Waals surface area contributed by atoms with Gasteiger partial charge in [-0.05, 0) is 24.3 Å². The van der Waals surface area contributed by atoms with E-state index in [1.807, 2.05) is 0 Å². The summed E-state index contributed by atoms with van der Waals surface area (Å²) in [5.74, 6) is -1.27. The SMILES string of the molecule is O=C(CCS(=O)(=O)O)Nc1ccc(N2CCOCC2=O)cc1. The van der Waals surface area contributed by atoms with Crippen molar-refractivity contribution in [3.63, 3.8) is 0 Å². The van der Waals surface area contributed by atoms with Gasteiger partial charge in [-0.25, -0.2) is 0 Å². The first-order chi connectivity index (χ1) is 10.3. The van der Waals surface area contributed by atoms with E-state index in [-0.39, 0.29) is 18.9 Å². The van der Waals surface area contributed by atoms with Crippen molar-refractivity contribution in [2.24, 2.45) is 0 Å². The van der Waals surface area contributed by atoms with Gasteiger partial charge in [0.25, 0.3) is 16.0 Å². The minimum atomic E-state index is -4.16. The molecule has 0 aliphatic carbocycles. The minimum Gasteiger partial charge on any atom is -0.370 e. The Morgan fingerprint density at radius 2 is 2.00 bits per heavy atom. The van der Waals surface area contributed by atoms with Crippen molar-refractivity contribution >= 4 is 33.3 Å². The van der Waals surface area contributed by atoms with Gasteiger partial charge in [0.15, 0.2) is 0 Å². The second-order valence-electron chi connectivity index (χ2n) is 4.73. The lowest BCUT2D eigenvalue weighted by Crippen LogP contribution is -2.41. The summed E-state index contributed by atoms with van der Waals surface area (Å²) in [6.07, 6.45) is -0.331. The molecule has 0 aromatic heterocycles. The van der Waals surface area contributed by atoms with E-state index in [4.69, 9.17) is 9.29 Å². The molecule has 0 spiro atoms. The molecule has 0 saturated carbocycles.